The first-order valence-corrected chi connectivity index (χ1v) is 16.1. The SMILES string of the molecule is C#Cc1cccc2cc(O)cc(-c3ncc4c(C5C6C7CCC(C[C@H]56)N7)nc(=O)n(-c5c(C(C)C)ncnc5C(C)C)c4c3F)c12. The molecule has 3 fully saturated rings. The second-order valence-electron chi connectivity index (χ2n) is 13.7. The molecular formula is C37H35FN6O2. The van der Waals surface area contributed by atoms with Gasteiger partial charge < -0.3 is 10.4 Å². The molecule has 0 radical (unpaired) electrons. The summed E-state index contributed by atoms with van der Waals surface area (Å²) in [5, 5.41) is 16.2. The number of fused-ring (bicyclic) bond motifs is 6. The van der Waals surface area contributed by atoms with Gasteiger partial charge in [-0.1, -0.05) is 45.7 Å². The number of nitrogens with zero attached hydrogens (tertiary/aromatic N) is 5. The third-order valence-electron chi connectivity index (χ3n) is 10.3. The first-order chi connectivity index (χ1) is 22.2. The molecular weight excluding hydrogens is 579 g/mol. The summed E-state index contributed by atoms with van der Waals surface area (Å²) >= 11 is 0. The van der Waals surface area contributed by atoms with Crippen molar-refractivity contribution in [2.45, 2.75) is 76.8 Å². The molecule has 0 spiro atoms. The molecule has 3 aliphatic rings. The van der Waals surface area contributed by atoms with Gasteiger partial charge in [-0.3, -0.25) is 9.55 Å². The van der Waals surface area contributed by atoms with Crippen LogP contribution in [-0.2, 0) is 0 Å². The van der Waals surface area contributed by atoms with Gasteiger partial charge in [0.25, 0.3) is 0 Å². The summed E-state index contributed by atoms with van der Waals surface area (Å²) in [6, 6.07) is 9.34. The predicted octanol–water partition coefficient (Wildman–Crippen LogP) is 6.32. The van der Waals surface area contributed by atoms with E-state index in [1.807, 2.05) is 33.8 Å². The molecule has 5 atom stereocenters. The van der Waals surface area contributed by atoms with Gasteiger partial charge in [0.15, 0.2) is 5.82 Å². The molecule has 1 saturated carbocycles. The number of hydrogen-bond acceptors (Lipinski definition) is 7. The highest BCUT2D eigenvalue weighted by atomic mass is 19.1. The van der Waals surface area contributed by atoms with Crippen molar-refractivity contribution in [1.82, 2.24) is 29.8 Å². The van der Waals surface area contributed by atoms with E-state index in [1.165, 1.54) is 23.4 Å². The van der Waals surface area contributed by atoms with E-state index < -0.39 is 11.5 Å². The maximum absolute atomic E-state index is 17.6. The topological polar surface area (TPSA) is 106 Å². The Hall–Kier alpha value is -4.68. The molecule has 8 rings (SSSR count). The monoisotopic (exact) mass is 614 g/mol. The molecule has 2 bridgehead atoms. The smallest absolute Gasteiger partial charge is 0.353 e. The molecule has 2 aliphatic heterocycles. The number of hydrogen-bond donors (Lipinski definition) is 2. The average molecular weight is 615 g/mol. The van der Waals surface area contributed by atoms with E-state index in [9.17, 15) is 9.90 Å². The number of terminal acetylenes is 1. The van der Waals surface area contributed by atoms with E-state index in [1.54, 1.807) is 24.4 Å². The van der Waals surface area contributed by atoms with Crippen molar-refractivity contribution in [1.29, 1.82) is 0 Å². The van der Waals surface area contributed by atoms with Gasteiger partial charge in [-0.05, 0) is 66.5 Å². The first-order valence-electron chi connectivity index (χ1n) is 16.1. The van der Waals surface area contributed by atoms with Crippen LogP contribution in [-0.4, -0.2) is 41.7 Å². The average Bonchev–Trinajstić information content (AvgIpc) is 3.63. The van der Waals surface area contributed by atoms with Gasteiger partial charge >= 0.3 is 5.69 Å². The van der Waals surface area contributed by atoms with Crippen molar-refractivity contribution in [2.24, 2.45) is 11.8 Å². The lowest BCUT2D eigenvalue weighted by molar-refractivity contribution is 0.387. The Morgan fingerprint density at radius 1 is 1.09 bits per heavy atom. The summed E-state index contributed by atoms with van der Waals surface area (Å²) in [5.74, 6) is 2.61. The Kier molecular flexibility index (Phi) is 6.52. The fraction of sp³-hybridized carbons (Fsp3) is 0.378. The molecule has 46 heavy (non-hydrogen) atoms. The van der Waals surface area contributed by atoms with Gasteiger partial charge in [0.2, 0.25) is 0 Å². The highest BCUT2D eigenvalue weighted by Gasteiger charge is 2.61. The van der Waals surface area contributed by atoms with E-state index in [4.69, 9.17) is 16.4 Å². The number of halogens is 1. The minimum atomic E-state index is -0.687. The Bertz CT molecular complexity index is 2160. The van der Waals surface area contributed by atoms with Crippen molar-refractivity contribution in [3.05, 3.63) is 81.8 Å². The number of piperidine rings is 1. The lowest BCUT2D eigenvalue weighted by atomic mass is 9.95. The summed E-state index contributed by atoms with van der Waals surface area (Å²) in [7, 11) is 0. The molecule has 2 N–H and O–H groups in total. The molecule has 2 saturated heterocycles. The first kappa shape index (κ1) is 28.8. The number of aromatic nitrogens is 5. The van der Waals surface area contributed by atoms with Crippen molar-refractivity contribution in [3.63, 3.8) is 0 Å². The summed E-state index contributed by atoms with van der Waals surface area (Å²) in [6.45, 7) is 7.97. The Labute approximate surface area is 266 Å². The number of phenols is 1. The summed E-state index contributed by atoms with van der Waals surface area (Å²) in [5.41, 5.74) is 2.74. The largest absolute Gasteiger partial charge is 0.508 e. The quantitative estimate of drug-likeness (QED) is 0.223. The molecule has 4 unspecified atom stereocenters. The van der Waals surface area contributed by atoms with E-state index in [-0.39, 0.29) is 34.7 Å². The minimum Gasteiger partial charge on any atom is -0.508 e. The second-order valence-corrected chi connectivity index (χ2v) is 13.7. The molecule has 232 valence electrons. The summed E-state index contributed by atoms with van der Waals surface area (Å²) in [6.07, 6.45) is 12.3. The highest BCUT2D eigenvalue weighted by molar-refractivity contribution is 6.02. The number of phenolic OH excluding ortho intramolecular Hbond substituents is 1. The second kappa shape index (κ2) is 10.4. The van der Waals surface area contributed by atoms with Gasteiger partial charge in [-0.15, -0.1) is 6.42 Å². The van der Waals surface area contributed by atoms with E-state index in [0.717, 1.165) is 12.8 Å². The Morgan fingerprint density at radius 3 is 2.57 bits per heavy atom. The number of nitrogens with one attached hydrogen (secondary N) is 1. The standard InChI is InChI=1S/C37H35FN6O2/c1-6-19-8-7-9-20-12-22(45)14-24(27(19)20)34-30(38)35-25(15-39-34)33(29-23-13-21-10-11-26(42-21)28(23)29)43-37(46)44(35)36-31(17(2)3)40-16-41-32(36)18(4)5/h1,7-9,12,14-18,21,23,26,28-29,42,45H,10-11,13H2,2-5H3/t21?,23-,26?,28?,29?/m0/s1. The maximum Gasteiger partial charge on any atom is 0.353 e. The molecule has 0 amide bonds. The number of benzene rings is 2. The predicted molar refractivity (Wildman–Crippen MR) is 176 cm³/mol. The van der Waals surface area contributed by atoms with Gasteiger partial charge in [0.1, 0.15) is 17.8 Å². The molecule has 5 heterocycles. The zero-order chi connectivity index (χ0) is 32.0. The molecule has 8 nitrogen and oxygen atoms in total. The molecule has 1 aliphatic carbocycles. The summed E-state index contributed by atoms with van der Waals surface area (Å²) < 4.78 is 19.0. The zero-order valence-electron chi connectivity index (χ0n) is 26.3. The van der Waals surface area contributed by atoms with Crippen molar-refractivity contribution < 1.29 is 9.50 Å². The lowest BCUT2D eigenvalue weighted by Gasteiger charge is -2.22. The fourth-order valence-corrected chi connectivity index (χ4v) is 8.35. The van der Waals surface area contributed by atoms with Crippen molar-refractivity contribution in [3.8, 4) is 35.0 Å². The normalized spacial score (nSPS) is 23.3. The lowest BCUT2D eigenvalue weighted by Crippen LogP contribution is -2.35. The van der Waals surface area contributed by atoms with Crippen LogP contribution in [0, 0.1) is 30.0 Å². The van der Waals surface area contributed by atoms with Crippen molar-refractivity contribution >= 4 is 21.7 Å². The molecule has 5 aromatic rings. The number of pyridine rings is 1. The molecule has 3 aromatic heterocycles. The zero-order valence-corrected chi connectivity index (χ0v) is 26.3. The van der Waals surface area contributed by atoms with Crippen molar-refractivity contribution in [2.75, 3.05) is 0 Å². The van der Waals surface area contributed by atoms with Crippen LogP contribution < -0.4 is 11.0 Å². The van der Waals surface area contributed by atoms with Crippen LogP contribution in [0.4, 0.5) is 4.39 Å². The van der Waals surface area contributed by atoms with Crippen LogP contribution in [0.3, 0.4) is 0 Å². The number of aromatic hydroxyl groups is 1. The Morgan fingerprint density at radius 2 is 1.85 bits per heavy atom. The van der Waals surface area contributed by atoms with Crippen LogP contribution in [0.2, 0.25) is 0 Å². The van der Waals surface area contributed by atoms with E-state index in [0.29, 0.717) is 74.0 Å². The van der Waals surface area contributed by atoms with Gasteiger partial charge in [0, 0.05) is 46.1 Å². The van der Waals surface area contributed by atoms with E-state index >= 15 is 4.39 Å². The van der Waals surface area contributed by atoms with Crippen LogP contribution in [0.5, 0.6) is 5.75 Å². The van der Waals surface area contributed by atoms with E-state index in [2.05, 4.69) is 21.2 Å². The molecule has 9 heteroatoms. The van der Waals surface area contributed by atoms with Crippen LogP contribution in [0.1, 0.15) is 87.4 Å². The number of rotatable bonds is 5. The van der Waals surface area contributed by atoms with Crippen LogP contribution in [0.25, 0.3) is 38.6 Å². The van der Waals surface area contributed by atoms with Crippen LogP contribution in [0.15, 0.2) is 47.7 Å². The third-order valence-corrected chi connectivity index (χ3v) is 10.3. The van der Waals surface area contributed by atoms with Crippen LogP contribution >= 0.6 is 0 Å². The summed E-state index contributed by atoms with van der Waals surface area (Å²) in [4.78, 5) is 33.0. The minimum absolute atomic E-state index is 0.00983. The van der Waals surface area contributed by atoms with Gasteiger partial charge in [-0.2, -0.15) is 4.98 Å². The van der Waals surface area contributed by atoms with Gasteiger partial charge in [-0.25, -0.2) is 19.2 Å². The fourth-order valence-electron chi connectivity index (χ4n) is 8.35. The highest BCUT2D eigenvalue weighted by Crippen LogP contribution is 2.63. The third kappa shape index (κ3) is 4.19. The molecule has 2 aromatic carbocycles. The maximum atomic E-state index is 17.6. The van der Waals surface area contributed by atoms with Gasteiger partial charge in [0.05, 0.1) is 28.3 Å². The Balaban J connectivity index is 1.47.